The summed E-state index contributed by atoms with van der Waals surface area (Å²) in [5.41, 5.74) is 4.86. The van der Waals surface area contributed by atoms with Gasteiger partial charge in [0.25, 0.3) is 0 Å². The van der Waals surface area contributed by atoms with E-state index >= 15 is 0 Å². The first-order valence-corrected chi connectivity index (χ1v) is 9.74. The molecule has 2 heteroatoms. The average Bonchev–Trinajstić information content (AvgIpc) is 2.75. The summed E-state index contributed by atoms with van der Waals surface area (Å²) in [6.45, 7) is 12.1. The Kier molecular flexibility index (Phi) is 13.8. The van der Waals surface area contributed by atoms with Gasteiger partial charge in [-0.25, -0.2) is 0 Å². The van der Waals surface area contributed by atoms with Crippen molar-refractivity contribution in [1.82, 2.24) is 0 Å². The summed E-state index contributed by atoms with van der Waals surface area (Å²) in [6.07, 6.45) is 5.49. The maximum Gasteiger partial charge on any atom is 0.104 e. The predicted octanol–water partition coefficient (Wildman–Crippen LogP) is 4.20. The quantitative estimate of drug-likeness (QED) is 0.497. The molecule has 0 heterocycles. The molecule has 3 rings (SSSR count). The molecular formula is C28H34BrN. The van der Waals surface area contributed by atoms with Crippen LogP contribution in [0.25, 0.3) is 18.2 Å². The third-order valence-electron chi connectivity index (χ3n) is 3.94. The molecule has 0 amide bonds. The van der Waals surface area contributed by atoms with E-state index in [0.29, 0.717) is 0 Å². The van der Waals surface area contributed by atoms with Crippen LogP contribution < -0.4 is 17.0 Å². The van der Waals surface area contributed by atoms with Crippen LogP contribution in [0.1, 0.15) is 22.3 Å². The van der Waals surface area contributed by atoms with Gasteiger partial charge in [-0.1, -0.05) is 123 Å². The predicted molar refractivity (Wildman–Crippen MR) is 131 cm³/mol. The summed E-state index contributed by atoms with van der Waals surface area (Å²) >= 11 is 0. The number of nitrogens with zero attached hydrogens (tertiary/aromatic N) is 1. The van der Waals surface area contributed by atoms with E-state index in [4.69, 9.17) is 0 Å². The minimum absolute atomic E-state index is 0. The van der Waals surface area contributed by atoms with Crippen LogP contribution in [0.5, 0.6) is 0 Å². The van der Waals surface area contributed by atoms with Gasteiger partial charge in [0, 0.05) is 5.56 Å². The van der Waals surface area contributed by atoms with Gasteiger partial charge >= 0.3 is 0 Å². The van der Waals surface area contributed by atoms with E-state index in [0.717, 1.165) is 22.2 Å². The monoisotopic (exact) mass is 463 g/mol. The lowest BCUT2D eigenvalue weighted by atomic mass is 10.1. The Balaban J connectivity index is 0.000000418. The second-order valence-corrected chi connectivity index (χ2v) is 7.62. The Bertz CT molecular complexity index is 818. The van der Waals surface area contributed by atoms with E-state index in [1.54, 1.807) is 0 Å². The van der Waals surface area contributed by atoms with Crippen molar-refractivity contribution in [3.8, 4) is 0 Å². The Labute approximate surface area is 194 Å². The van der Waals surface area contributed by atoms with Crippen LogP contribution in [-0.2, 0) is 6.54 Å². The third-order valence-corrected chi connectivity index (χ3v) is 3.94. The summed E-state index contributed by atoms with van der Waals surface area (Å²) < 4.78 is 0.990. The summed E-state index contributed by atoms with van der Waals surface area (Å²) in [5.74, 6) is 0. The molecule has 0 aromatic heterocycles. The first-order valence-electron chi connectivity index (χ1n) is 9.74. The molecule has 0 fully saturated rings. The maximum atomic E-state index is 3.66. The van der Waals surface area contributed by atoms with Crippen LogP contribution in [0.4, 0.5) is 0 Å². The second-order valence-electron chi connectivity index (χ2n) is 7.62. The fourth-order valence-electron chi connectivity index (χ4n) is 2.49. The lowest BCUT2D eigenvalue weighted by molar-refractivity contribution is -0.884. The molecule has 1 nitrogen and oxygen atoms in total. The van der Waals surface area contributed by atoms with Gasteiger partial charge in [-0.2, -0.15) is 0 Å². The van der Waals surface area contributed by atoms with E-state index in [1.165, 1.54) is 11.1 Å². The van der Waals surface area contributed by atoms with E-state index in [2.05, 4.69) is 71.2 Å². The van der Waals surface area contributed by atoms with E-state index in [1.807, 2.05) is 72.8 Å². The van der Waals surface area contributed by atoms with Crippen LogP contribution in [0, 0.1) is 0 Å². The normalized spacial score (nSPS) is 9.43. The van der Waals surface area contributed by atoms with Crippen molar-refractivity contribution >= 4 is 18.2 Å². The molecule has 3 aromatic carbocycles. The first kappa shape index (κ1) is 27.3. The summed E-state index contributed by atoms with van der Waals surface area (Å²) in [6, 6.07) is 28.7. The topological polar surface area (TPSA) is 0 Å². The van der Waals surface area contributed by atoms with Crippen LogP contribution in [0.2, 0.25) is 0 Å². The molecule has 0 aliphatic carbocycles. The molecule has 158 valence electrons. The minimum atomic E-state index is 0. The standard InChI is InChI=1S/C10H16N.C10H10.C8H8.BrH/c1-11(2,3)9-10-7-5-4-6-8-10;1-3-9-5-7-10(4-2)8-6-9;1-2-8-6-4-3-5-7-8;/h4-8H,9H2,1-3H3;3-8H,1-2H2;2-7H,1H2;1H/q+1;;;/p-1. The zero-order valence-corrected chi connectivity index (χ0v) is 20.1. The summed E-state index contributed by atoms with van der Waals surface area (Å²) in [4.78, 5) is 0. The molecule has 0 unspecified atom stereocenters. The first-order chi connectivity index (χ1) is 13.9. The molecule has 0 N–H and O–H groups in total. The molecule has 0 saturated carbocycles. The third kappa shape index (κ3) is 12.7. The van der Waals surface area contributed by atoms with Gasteiger partial charge in [0.2, 0.25) is 0 Å². The van der Waals surface area contributed by atoms with Crippen molar-refractivity contribution in [3.63, 3.8) is 0 Å². The molecule has 0 aliphatic heterocycles. The molecule has 0 spiro atoms. The highest BCUT2D eigenvalue weighted by molar-refractivity contribution is 5.53. The zero-order chi connectivity index (χ0) is 21.5. The largest absolute Gasteiger partial charge is 1.00 e. The van der Waals surface area contributed by atoms with Crippen molar-refractivity contribution < 1.29 is 21.5 Å². The van der Waals surface area contributed by atoms with Crippen molar-refractivity contribution in [2.24, 2.45) is 0 Å². The Morgan fingerprint density at radius 1 is 0.567 bits per heavy atom. The average molecular weight is 464 g/mol. The van der Waals surface area contributed by atoms with Crippen LogP contribution >= 0.6 is 0 Å². The Morgan fingerprint density at radius 2 is 0.900 bits per heavy atom. The molecular weight excluding hydrogens is 430 g/mol. The van der Waals surface area contributed by atoms with Gasteiger partial charge < -0.3 is 21.5 Å². The molecule has 0 saturated heterocycles. The molecule has 0 aliphatic rings. The van der Waals surface area contributed by atoms with Gasteiger partial charge in [0.15, 0.2) is 0 Å². The van der Waals surface area contributed by atoms with Gasteiger partial charge in [-0.15, -0.1) is 0 Å². The van der Waals surface area contributed by atoms with Gasteiger partial charge in [0.1, 0.15) is 6.54 Å². The molecule has 0 bridgehead atoms. The van der Waals surface area contributed by atoms with E-state index < -0.39 is 0 Å². The molecule has 0 radical (unpaired) electrons. The summed E-state index contributed by atoms with van der Waals surface area (Å²) in [7, 11) is 6.60. The maximum absolute atomic E-state index is 3.66. The van der Waals surface area contributed by atoms with E-state index in [9.17, 15) is 0 Å². The second kappa shape index (κ2) is 15.2. The Hall–Kier alpha value is -2.68. The number of hydrogen-bond donors (Lipinski definition) is 0. The van der Waals surface area contributed by atoms with Gasteiger partial charge in [-0.05, 0) is 16.7 Å². The molecule has 0 atom stereocenters. The van der Waals surface area contributed by atoms with E-state index in [-0.39, 0.29) is 17.0 Å². The number of benzene rings is 3. The summed E-state index contributed by atoms with van der Waals surface area (Å²) in [5, 5.41) is 0. The van der Waals surface area contributed by atoms with Crippen LogP contribution in [0.15, 0.2) is 105 Å². The lowest BCUT2D eigenvalue weighted by Gasteiger charge is -2.23. The number of rotatable bonds is 5. The van der Waals surface area contributed by atoms with Crippen LogP contribution in [-0.4, -0.2) is 25.6 Å². The highest BCUT2D eigenvalue weighted by Crippen LogP contribution is 2.06. The van der Waals surface area contributed by atoms with Gasteiger partial charge in [0.05, 0.1) is 21.1 Å². The fourth-order valence-corrected chi connectivity index (χ4v) is 2.49. The van der Waals surface area contributed by atoms with Crippen LogP contribution in [0.3, 0.4) is 0 Å². The lowest BCUT2D eigenvalue weighted by Crippen LogP contribution is -3.00. The number of halogens is 1. The van der Waals surface area contributed by atoms with Crippen molar-refractivity contribution in [2.75, 3.05) is 21.1 Å². The van der Waals surface area contributed by atoms with Gasteiger partial charge in [-0.3, -0.25) is 0 Å². The zero-order valence-electron chi connectivity index (χ0n) is 18.5. The highest BCUT2D eigenvalue weighted by Gasteiger charge is 2.06. The molecule has 30 heavy (non-hydrogen) atoms. The Morgan fingerprint density at radius 3 is 1.20 bits per heavy atom. The number of quaternary nitrogens is 1. The smallest absolute Gasteiger partial charge is 0.104 e. The highest BCUT2D eigenvalue weighted by atomic mass is 79.9. The van der Waals surface area contributed by atoms with Crippen molar-refractivity contribution in [3.05, 3.63) is 127 Å². The SMILES string of the molecule is C=Cc1ccc(C=C)cc1.C=Cc1ccccc1.C[N+](C)(C)Cc1ccccc1.[Br-]. The van der Waals surface area contributed by atoms with Crippen molar-refractivity contribution in [2.45, 2.75) is 6.54 Å². The minimum Gasteiger partial charge on any atom is -1.00 e. The van der Waals surface area contributed by atoms with Crippen molar-refractivity contribution in [1.29, 1.82) is 0 Å². The molecule has 3 aromatic rings. The fraction of sp³-hybridized carbons (Fsp3) is 0.143. The number of hydrogen-bond acceptors (Lipinski definition) is 0.